The number of sulfonamides is 1. The van der Waals surface area contributed by atoms with E-state index in [1.165, 1.54) is 0 Å². The van der Waals surface area contributed by atoms with Crippen molar-refractivity contribution in [3.05, 3.63) is 27.1 Å². The van der Waals surface area contributed by atoms with Crippen molar-refractivity contribution >= 4 is 41.9 Å². The Hall–Kier alpha value is 0.0500. The Morgan fingerprint density at radius 1 is 1.25 bits per heavy atom. The zero-order valence-corrected chi connectivity index (χ0v) is 15.5. The number of aliphatic hydroxyl groups is 1. The van der Waals surface area contributed by atoms with Crippen molar-refractivity contribution in [2.45, 2.75) is 31.6 Å². The van der Waals surface area contributed by atoms with E-state index >= 15 is 0 Å². The van der Waals surface area contributed by atoms with Crippen LogP contribution in [0, 0.1) is 5.41 Å². The van der Waals surface area contributed by atoms with Crippen LogP contribution in [-0.2, 0) is 10.0 Å². The molecule has 0 spiro atoms. The fraction of sp³-hybridized carbons (Fsp3) is 0.538. The third-order valence-electron chi connectivity index (χ3n) is 3.66. The maximum atomic E-state index is 12.4. The van der Waals surface area contributed by atoms with Crippen LogP contribution in [-0.4, -0.2) is 26.7 Å². The number of aliphatic hydroxyl groups excluding tert-OH is 1. The van der Waals surface area contributed by atoms with E-state index in [0.717, 1.165) is 0 Å². The van der Waals surface area contributed by atoms with Gasteiger partial charge in [0.2, 0.25) is 10.0 Å². The minimum atomic E-state index is -3.61. The molecule has 0 saturated carbocycles. The van der Waals surface area contributed by atoms with E-state index in [4.69, 9.17) is 0 Å². The molecule has 7 heteroatoms. The van der Waals surface area contributed by atoms with Gasteiger partial charge >= 0.3 is 0 Å². The molecule has 0 bridgehead atoms. The van der Waals surface area contributed by atoms with Crippen LogP contribution in [0.5, 0.6) is 0 Å². The van der Waals surface area contributed by atoms with Crippen molar-refractivity contribution in [2.24, 2.45) is 5.41 Å². The van der Waals surface area contributed by atoms with E-state index in [1.54, 1.807) is 18.2 Å². The fourth-order valence-corrected chi connectivity index (χ4v) is 4.45. The summed E-state index contributed by atoms with van der Waals surface area (Å²) in [5.74, 6) is 0. The second kappa shape index (κ2) is 7.35. The second-order valence-electron chi connectivity index (χ2n) is 4.76. The van der Waals surface area contributed by atoms with Crippen LogP contribution in [0.3, 0.4) is 0 Å². The van der Waals surface area contributed by atoms with E-state index in [2.05, 4.69) is 36.6 Å². The molecule has 2 N–H and O–H groups in total. The first-order valence-corrected chi connectivity index (χ1v) is 9.42. The summed E-state index contributed by atoms with van der Waals surface area (Å²) in [5.41, 5.74) is -0.411. The monoisotopic (exact) mass is 427 g/mol. The molecular weight excluding hydrogens is 410 g/mol. The third kappa shape index (κ3) is 4.27. The van der Waals surface area contributed by atoms with E-state index < -0.39 is 15.4 Å². The molecule has 1 aromatic carbocycles. The van der Waals surface area contributed by atoms with Crippen molar-refractivity contribution in [2.75, 3.05) is 13.2 Å². The van der Waals surface area contributed by atoms with Gasteiger partial charge in [0.05, 0.1) is 4.90 Å². The highest BCUT2D eigenvalue weighted by Gasteiger charge is 2.28. The molecule has 0 aliphatic heterocycles. The van der Waals surface area contributed by atoms with E-state index in [1.807, 2.05) is 13.8 Å². The smallest absolute Gasteiger partial charge is 0.241 e. The minimum absolute atomic E-state index is 0.0395. The first kappa shape index (κ1) is 18.1. The highest BCUT2D eigenvalue weighted by molar-refractivity contribution is 9.11. The predicted molar refractivity (Wildman–Crippen MR) is 87.1 cm³/mol. The Morgan fingerprint density at radius 2 is 1.85 bits per heavy atom. The average Bonchev–Trinajstić information content (AvgIpc) is 2.43. The zero-order chi connectivity index (χ0) is 15.4. The summed E-state index contributed by atoms with van der Waals surface area (Å²) in [6, 6.07) is 4.99. The van der Waals surface area contributed by atoms with Gasteiger partial charge in [0.25, 0.3) is 0 Å². The SMILES string of the molecule is CCC(CC)(CO)CNS(=O)(=O)c1cc(Br)ccc1Br. The van der Waals surface area contributed by atoms with E-state index in [0.29, 0.717) is 21.8 Å². The number of nitrogens with one attached hydrogen (secondary N) is 1. The molecule has 0 aliphatic carbocycles. The first-order valence-electron chi connectivity index (χ1n) is 6.36. The molecule has 0 atom stereocenters. The number of hydrogen-bond acceptors (Lipinski definition) is 3. The van der Waals surface area contributed by atoms with Crippen LogP contribution in [0.4, 0.5) is 0 Å². The molecule has 0 unspecified atom stereocenters. The lowest BCUT2D eigenvalue weighted by atomic mass is 9.84. The van der Waals surface area contributed by atoms with Gasteiger partial charge in [-0.1, -0.05) is 29.8 Å². The maximum absolute atomic E-state index is 12.4. The van der Waals surface area contributed by atoms with E-state index in [9.17, 15) is 13.5 Å². The minimum Gasteiger partial charge on any atom is -0.396 e. The van der Waals surface area contributed by atoms with Gasteiger partial charge in [-0.15, -0.1) is 0 Å². The molecule has 114 valence electrons. The molecule has 0 aromatic heterocycles. The summed E-state index contributed by atoms with van der Waals surface area (Å²) >= 11 is 6.52. The van der Waals surface area contributed by atoms with Crippen molar-refractivity contribution in [3.63, 3.8) is 0 Å². The lowest BCUT2D eigenvalue weighted by Crippen LogP contribution is -2.39. The van der Waals surface area contributed by atoms with Gasteiger partial charge in [0, 0.05) is 27.5 Å². The van der Waals surface area contributed by atoms with Gasteiger partial charge < -0.3 is 5.11 Å². The lowest BCUT2D eigenvalue weighted by molar-refractivity contribution is 0.119. The summed E-state index contributed by atoms with van der Waals surface area (Å²) in [6.07, 6.45) is 1.42. The molecule has 1 rings (SSSR count). The molecule has 4 nitrogen and oxygen atoms in total. The Labute approximate surface area is 137 Å². The second-order valence-corrected chi connectivity index (χ2v) is 8.27. The summed E-state index contributed by atoms with van der Waals surface area (Å²) in [7, 11) is -3.61. The van der Waals surface area contributed by atoms with Gasteiger partial charge in [-0.05, 0) is 47.0 Å². The molecule has 20 heavy (non-hydrogen) atoms. The summed E-state index contributed by atoms with van der Waals surface area (Å²) in [4.78, 5) is 0.186. The fourth-order valence-electron chi connectivity index (χ4n) is 1.79. The zero-order valence-electron chi connectivity index (χ0n) is 11.5. The van der Waals surface area contributed by atoms with Crippen LogP contribution < -0.4 is 4.72 Å². The van der Waals surface area contributed by atoms with Gasteiger partial charge in [-0.25, -0.2) is 13.1 Å². The number of halogens is 2. The van der Waals surface area contributed by atoms with Crippen LogP contribution >= 0.6 is 31.9 Å². The van der Waals surface area contributed by atoms with E-state index in [-0.39, 0.29) is 18.0 Å². The molecule has 0 heterocycles. The number of hydrogen-bond donors (Lipinski definition) is 2. The third-order valence-corrected chi connectivity index (χ3v) is 6.54. The van der Waals surface area contributed by atoms with Crippen LogP contribution in [0.25, 0.3) is 0 Å². The summed E-state index contributed by atoms with van der Waals surface area (Å²) in [5, 5.41) is 9.49. The molecule has 0 saturated heterocycles. The highest BCUT2D eigenvalue weighted by Crippen LogP contribution is 2.28. The van der Waals surface area contributed by atoms with Crippen LogP contribution in [0.1, 0.15) is 26.7 Å². The number of benzene rings is 1. The summed E-state index contributed by atoms with van der Waals surface area (Å²) < 4.78 is 28.5. The van der Waals surface area contributed by atoms with Crippen molar-refractivity contribution in [1.29, 1.82) is 0 Å². The highest BCUT2D eigenvalue weighted by atomic mass is 79.9. The lowest BCUT2D eigenvalue weighted by Gasteiger charge is -2.29. The Balaban J connectivity index is 2.98. The van der Waals surface area contributed by atoms with Gasteiger partial charge in [0.1, 0.15) is 0 Å². The Bertz CT molecular complexity index is 548. The number of rotatable bonds is 7. The maximum Gasteiger partial charge on any atom is 0.241 e. The van der Waals surface area contributed by atoms with Crippen LogP contribution in [0.2, 0.25) is 0 Å². The van der Waals surface area contributed by atoms with Crippen molar-refractivity contribution in [3.8, 4) is 0 Å². The standard InChI is InChI=1S/C13H19Br2NO3S/c1-3-13(4-2,9-17)8-16-20(18,19)12-7-10(14)5-6-11(12)15/h5-7,16-17H,3-4,8-9H2,1-2H3. The normalized spacial score (nSPS) is 12.7. The molecule has 0 amide bonds. The molecule has 1 aromatic rings. The Morgan fingerprint density at radius 3 is 2.35 bits per heavy atom. The molecule has 0 fully saturated rings. The molecular formula is C13H19Br2NO3S. The van der Waals surface area contributed by atoms with Gasteiger partial charge in [0.15, 0.2) is 0 Å². The van der Waals surface area contributed by atoms with Crippen molar-refractivity contribution in [1.82, 2.24) is 4.72 Å². The summed E-state index contributed by atoms with van der Waals surface area (Å²) in [6.45, 7) is 4.08. The largest absolute Gasteiger partial charge is 0.396 e. The quantitative estimate of drug-likeness (QED) is 0.700. The topological polar surface area (TPSA) is 66.4 Å². The van der Waals surface area contributed by atoms with Gasteiger partial charge in [-0.2, -0.15) is 0 Å². The van der Waals surface area contributed by atoms with Crippen LogP contribution in [0.15, 0.2) is 32.0 Å². The average molecular weight is 429 g/mol. The predicted octanol–water partition coefficient (Wildman–Crippen LogP) is 3.29. The van der Waals surface area contributed by atoms with Gasteiger partial charge in [-0.3, -0.25) is 0 Å². The first-order chi connectivity index (χ1) is 9.30. The van der Waals surface area contributed by atoms with Crippen molar-refractivity contribution < 1.29 is 13.5 Å². The molecule has 0 aliphatic rings. The Kier molecular flexibility index (Phi) is 6.66. The molecule has 0 radical (unpaired) electrons.